The summed E-state index contributed by atoms with van der Waals surface area (Å²) in [6.07, 6.45) is 8.13. The van der Waals surface area contributed by atoms with Crippen molar-refractivity contribution in [1.82, 2.24) is 5.32 Å². The third-order valence-corrected chi connectivity index (χ3v) is 2.95. The summed E-state index contributed by atoms with van der Waals surface area (Å²) in [5, 5.41) is 12.4. The topological polar surface area (TPSA) is 35.8 Å². The Hall–Kier alpha value is -1.59. The van der Waals surface area contributed by atoms with Crippen LogP contribution in [0.4, 0.5) is 0 Å². The number of allylic oxidation sites excluding steroid dienone is 1. The second-order valence-corrected chi connectivity index (χ2v) is 4.12. The van der Waals surface area contributed by atoms with Crippen LogP contribution in [-0.4, -0.2) is 6.04 Å². The molecule has 0 saturated carbocycles. The summed E-state index contributed by atoms with van der Waals surface area (Å²) in [7, 11) is 0. The molecule has 0 fully saturated rings. The van der Waals surface area contributed by atoms with Gasteiger partial charge in [-0.25, -0.2) is 0 Å². The van der Waals surface area contributed by atoms with Crippen LogP contribution in [0.3, 0.4) is 0 Å². The average molecular weight is 212 g/mol. The average Bonchev–Trinajstić information content (AvgIpc) is 2.38. The molecular weight excluding hydrogens is 196 g/mol. The Balaban J connectivity index is 1.96. The summed E-state index contributed by atoms with van der Waals surface area (Å²) < 4.78 is 0. The summed E-state index contributed by atoms with van der Waals surface area (Å²) in [5.74, 6) is 0. The minimum absolute atomic E-state index is 0.473. The summed E-state index contributed by atoms with van der Waals surface area (Å²) in [5.41, 5.74) is 1.86. The van der Waals surface area contributed by atoms with Crippen molar-refractivity contribution in [3.05, 3.63) is 47.5 Å². The van der Waals surface area contributed by atoms with Crippen molar-refractivity contribution in [3.63, 3.8) is 0 Å². The summed E-state index contributed by atoms with van der Waals surface area (Å²) in [6.45, 7) is 0.777. The van der Waals surface area contributed by atoms with Gasteiger partial charge in [-0.05, 0) is 30.9 Å². The van der Waals surface area contributed by atoms with Crippen LogP contribution in [0.1, 0.15) is 30.4 Å². The number of nitriles is 1. The maximum absolute atomic E-state index is 8.96. The van der Waals surface area contributed by atoms with Crippen molar-refractivity contribution in [2.75, 3.05) is 0 Å². The second-order valence-electron chi connectivity index (χ2n) is 4.12. The molecule has 0 heterocycles. The molecule has 2 heteroatoms. The van der Waals surface area contributed by atoms with Crippen LogP contribution in [0.25, 0.3) is 0 Å². The number of hydrogen-bond donors (Lipinski definition) is 1. The Labute approximate surface area is 96.6 Å². The van der Waals surface area contributed by atoms with Gasteiger partial charge in [-0.1, -0.05) is 30.4 Å². The van der Waals surface area contributed by atoms with E-state index in [1.165, 1.54) is 19.3 Å². The van der Waals surface area contributed by atoms with Crippen molar-refractivity contribution in [1.29, 1.82) is 5.26 Å². The van der Waals surface area contributed by atoms with Crippen LogP contribution in [0, 0.1) is 11.3 Å². The van der Waals surface area contributed by atoms with E-state index < -0.39 is 0 Å². The van der Waals surface area contributed by atoms with Crippen LogP contribution in [0.5, 0.6) is 0 Å². The maximum atomic E-state index is 8.96. The first-order chi connectivity index (χ1) is 7.90. The lowest BCUT2D eigenvalue weighted by molar-refractivity contribution is 0.522. The number of hydrogen-bond acceptors (Lipinski definition) is 2. The van der Waals surface area contributed by atoms with Gasteiger partial charge >= 0.3 is 0 Å². The first-order valence-corrected chi connectivity index (χ1v) is 5.78. The molecule has 1 aromatic rings. The van der Waals surface area contributed by atoms with E-state index in [1.54, 1.807) is 0 Å². The van der Waals surface area contributed by atoms with Crippen molar-refractivity contribution in [3.8, 4) is 6.07 Å². The second kappa shape index (κ2) is 5.48. The Bertz CT molecular complexity index is 415. The van der Waals surface area contributed by atoms with Crippen molar-refractivity contribution >= 4 is 0 Å². The molecule has 1 atom stereocenters. The van der Waals surface area contributed by atoms with E-state index in [4.69, 9.17) is 5.26 Å². The van der Waals surface area contributed by atoms with Gasteiger partial charge in [-0.15, -0.1) is 0 Å². The molecule has 2 nitrogen and oxygen atoms in total. The van der Waals surface area contributed by atoms with Gasteiger partial charge in [0.15, 0.2) is 0 Å². The summed E-state index contributed by atoms with van der Waals surface area (Å²) in [4.78, 5) is 0. The minimum Gasteiger partial charge on any atom is -0.306 e. The first kappa shape index (κ1) is 10.9. The Morgan fingerprint density at radius 1 is 1.38 bits per heavy atom. The maximum Gasteiger partial charge on any atom is 0.0995 e. The van der Waals surface area contributed by atoms with Gasteiger partial charge in [0.25, 0.3) is 0 Å². The van der Waals surface area contributed by atoms with Crippen LogP contribution in [-0.2, 0) is 6.54 Å². The molecule has 0 aromatic heterocycles. The molecule has 1 aliphatic carbocycles. The van der Waals surface area contributed by atoms with Crippen molar-refractivity contribution < 1.29 is 0 Å². The predicted octanol–water partition coefficient (Wildman–Crippen LogP) is 2.76. The van der Waals surface area contributed by atoms with Gasteiger partial charge in [0.1, 0.15) is 0 Å². The van der Waals surface area contributed by atoms with E-state index in [0.29, 0.717) is 6.04 Å². The Morgan fingerprint density at radius 2 is 2.25 bits per heavy atom. The fourth-order valence-corrected chi connectivity index (χ4v) is 2.01. The molecule has 0 spiro atoms. The van der Waals surface area contributed by atoms with Crippen LogP contribution in [0.2, 0.25) is 0 Å². The fraction of sp³-hybridized carbons (Fsp3) is 0.357. The Morgan fingerprint density at radius 3 is 3.00 bits per heavy atom. The van der Waals surface area contributed by atoms with Crippen LogP contribution in [0.15, 0.2) is 36.4 Å². The smallest absolute Gasteiger partial charge is 0.0995 e. The molecule has 16 heavy (non-hydrogen) atoms. The van der Waals surface area contributed by atoms with E-state index in [1.807, 2.05) is 24.3 Å². The third-order valence-electron chi connectivity index (χ3n) is 2.95. The number of nitrogens with zero attached hydrogens (tertiary/aromatic N) is 1. The van der Waals surface area contributed by atoms with Crippen molar-refractivity contribution in [2.45, 2.75) is 31.8 Å². The molecule has 82 valence electrons. The van der Waals surface area contributed by atoms with E-state index in [-0.39, 0.29) is 0 Å². The zero-order valence-electron chi connectivity index (χ0n) is 9.32. The molecule has 0 radical (unpaired) electrons. The lowest BCUT2D eigenvalue weighted by atomic mass is 10.0. The first-order valence-electron chi connectivity index (χ1n) is 5.78. The third kappa shape index (κ3) is 2.71. The highest BCUT2D eigenvalue weighted by Gasteiger charge is 2.08. The zero-order valence-corrected chi connectivity index (χ0v) is 9.32. The SMILES string of the molecule is N#Cc1ccccc1CNC1C=CCCC1. The molecule has 1 aliphatic rings. The van der Waals surface area contributed by atoms with E-state index >= 15 is 0 Å². The van der Waals surface area contributed by atoms with Crippen LogP contribution < -0.4 is 5.32 Å². The fourth-order valence-electron chi connectivity index (χ4n) is 2.01. The number of rotatable bonds is 3. The quantitative estimate of drug-likeness (QED) is 0.782. The van der Waals surface area contributed by atoms with Gasteiger partial charge in [0, 0.05) is 12.6 Å². The molecule has 0 amide bonds. The van der Waals surface area contributed by atoms with Gasteiger partial charge in [-0.2, -0.15) is 5.26 Å². The highest BCUT2D eigenvalue weighted by atomic mass is 14.9. The normalized spacial score (nSPS) is 19.3. The highest BCUT2D eigenvalue weighted by molar-refractivity contribution is 5.37. The lowest BCUT2D eigenvalue weighted by Crippen LogP contribution is -2.28. The standard InChI is InChI=1S/C14H16N2/c15-10-12-6-4-5-7-13(12)11-16-14-8-2-1-3-9-14/h2,4-8,14,16H,1,3,9,11H2. The molecule has 1 N–H and O–H groups in total. The lowest BCUT2D eigenvalue weighted by Gasteiger charge is -2.18. The summed E-state index contributed by atoms with van der Waals surface area (Å²) in [6, 6.07) is 10.5. The highest BCUT2D eigenvalue weighted by Crippen LogP contribution is 2.12. The molecule has 0 aliphatic heterocycles. The van der Waals surface area contributed by atoms with Crippen molar-refractivity contribution in [2.24, 2.45) is 0 Å². The largest absolute Gasteiger partial charge is 0.306 e. The zero-order chi connectivity index (χ0) is 11.2. The minimum atomic E-state index is 0.473. The van der Waals surface area contributed by atoms with Gasteiger partial charge < -0.3 is 5.32 Å². The molecular formula is C14H16N2. The molecule has 1 aromatic carbocycles. The van der Waals surface area contributed by atoms with Gasteiger partial charge in [0.05, 0.1) is 11.6 Å². The molecule has 0 bridgehead atoms. The molecule has 1 unspecified atom stereocenters. The molecule has 2 rings (SSSR count). The van der Waals surface area contributed by atoms with Crippen LogP contribution >= 0.6 is 0 Å². The summed E-state index contributed by atoms with van der Waals surface area (Å²) >= 11 is 0. The number of benzene rings is 1. The van der Waals surface area contributed by atoms with E-state index in [9.17, 15) is 0 Å². The number of nitrogens with one attached hydrogen (secondary N) is 1. The Kier molecular flexibility index (Phi) is 3.74. The molecule has 0 saturated heterocycles. The van der Waals surface area contributed by atoms with E-state index in [0.717, 1.165) is 17.7 Å². The monoisotopic (exact) mass is 212 g/mol. The van der Waals surface area contributed by atoms with Gasteiger partial charge in [-0.3, -0.25) is 0 Å². The van der Waals surface area contributed by atoms with E-state index in [2.05, 4.69) is 23.5 Å². The predicted molar refractivity (Wildman–Crippen MR) is 64.8 cm³/mol. The van der Waals surface area contributed by atoms with Gasteiger partial charge in [0.2, 0.25) is 0 Å².